The average Bonchev–Trinajstić information content (AvgIpc) is 1.94. The molecule has 0 aromatic rings. The summed E-state index contributed by atoms with van der Waals surface area (Å²) in [5, 5.41) is 17.7. The molecule has 1 heterocycles. The fraction of sp³-hybridized carbons (Fsp3) is 0.857. The van der Waals surface area contributed by atoms with Gasteiger partial charge in [0, 0.05) is 6.42 Å². The van der Waals surface area contributed by atoms with Crippen LogP contribution in [0.1, 0.15) is 12.8 Å². The number of hydrogen-bond acceptors (Lipinski definition) is 4. The van der Waals surface area contributed by atoms with Crippen molar-refractivity contribution >= 4 is 9.84 Å². The summed E-state index contributed by atoms with van der Waals surface area (Å²) in [7, 11) is -3.04. The van der Waals surface area contributed by atoms with Gasteiger partial charge in [0.25, 0.3) is 0 Å². The lowest BCUT2D eigenvalue weighted by atomic mass is 9.97. The summed E-state index contributed by atoms with van der Waals surface area (Å²) in [6, 6.07) is 1.94. The molecule has 0 spiro atoms. The first-order valence-electron chi connectivity index (χ1n) is 3.80. The average molecular weight is 189 g/mol. The van der Waals surface area contributed by atoms with Gasteiger partial charge in [0.05, 0.1) is 23.7 Å². The zero-order valence-electron chi connectivity index (χ0n) is 6.60. The Morgan fingerprint density at radius 1 is 1.58 bits per heavy atom. The summed E-state index contributed by atoms with van der Waals surface area (Å²) in [5.74, 6) is -0.228. The second kappa shape index (κ2) is 3.42. The predicted octanol–water partition coefficient (Wildman–Crippen LogP) is -0.304. The Balaban J connectivity index is 2.61. The summed E-state index contributed by atoms with van der Waals surface area (Å²) in [5.41, 5.74) is 0. The number of aliphatic hydroxyl groups is 1. The third-order valence-corrected chi connectivity index (χ3v) is 3.83. The fourth-order valence-electron chi connectivity index (χ4n) is 1.36. The topological polar surface area (TPSA) is 78.2 Å². The number of rotatable bonds is 1. The van der Waals surface area contributed by atoms with Crippen molar-refractivity contribution in [3.8, 4) is 6.07 Å². The Bertz CT molecular complexity index is 290. The Morgan fingerprint density at radius 2 is 2.25 bits per heavy atom. The van der Waals surface area contributed by atoms with Crippen LogP contribution in [0, 0.1) is 17.2 Å². The van der Waals surface area contributed by atoms with E-state index >= 15 is 0 Å². The highest BCUT2D eigenvalue weighted by atomic mass is 32.2. The van der Waals surface area contributed by atoms with Crippen molar-refractivity contribution in [2.45, 2.75) is 18.9 Å². The number of nitriles is 1. The van der Waals surface area contributed by atoms with E-state index in [1.165, 1.54) is 0 Å². The minimum atomic E-state index is -3.04. The Kier molecular flexibility index (Phi) is 2.70. The number of hydrogen-bond donors (Lipinski definition) is 1. The van der Waals surface area contributed by atoms with Gasteiger partial charge < -0.3 is 5.11 Å². The molecule has 0 amide bonds. The van der Waals surface area contributed by atoms with Crippen LogP contribution in [-0.2, 0) is 9.84 Å². The zero-order valence-corrected chi connectivity index (χ0v) is 7.42. The monoisotopic (exact) mass is 189 g/mol. The normalized spacial score (nSPS) is 34.0. The highest BCUT2D eigenvalue weighted by molar-refractivity contribution is 7.91. The van der Waals surface area contributed by atoms with E-state index in [0.717, 1.165) is 0 Å². The van der Waals surface area contributed by atoms with Crippen molar-refractivity contribution in [1.82, 2.24) is 0 Å². The van der Waals surface area contributed by atoms with Crippen LogP contribution < -0.4 is 0 Å². The number of aliphatic hydroxyl groups excluding tert-OH is 1. The van der Waals surface area contributed by atoms with E-state index in [-0.39, 0.29) is 23.8 Å². The molecular weight excluding hydrogens is 178 g/mol. The number of sulfone groups is 1. The molecule has 5 heteroatoms. The van der Waals surface area contributed by atoms with Gasteiger partial charge in [0.15, 0.2) is 9.84 Å². The quantitative estimate of drug-likeness (QED) is 0.614. The molecular formula is C7H11NO3S. The number of nitrogens with zero attached hydrogens (tertiary/aromatic N) is 1. The van der Waals surface area contributed by atoms with Crippen LogP contribution in [-0.4, -0.2) is 31.1 Å². The Morgan fingerprint density at radius 3 is 2.75 bits per heavy atom. The first-order chi connectivity index (χ1) is 5.55. The van der Waals surface area contributed by atoms with Crippen molar-refractivity contribution < 1.29 is 13.5 Å². The fourth-order valence-corrected chi connectivity index (χ4v) is 2.98. The van der Waals surface area contributed by atoms with Crippen molar-refractivity contribution in [2.24, 2.45) is 5.92 Å². The molecule has 1 fully saturated rings. The second-order valence-electron chi connectivity index (χ2n) is 3.09. The molecule has 0 aliphatic carbocycles. The maximum atomic E-state index is 11.0. The highest BCUT2D eigenvalue weighted by Crippen LogP contribution is 2.21. The summed E-state index contributed by atoms with van der Waals surface area (Å²) in [4.78, 5) is 0. The van der Waals surface area contributed by atoms with E-state index in [9.17, 15) is 13.5 Å². The largest absolute Gasteiger partial charge is 0.392 e. The van der Waals surface area contributed by atoms with Gasteiger partial charge in [0.2, 0.25) is 0 Å². The van der Waals surface area contributed by atoms with E-state index in [0.29, 0.717) is 6.42 Å². The summed E-state index contributed by atoms with van der Waals surface area (Å²) < 4.78 is 21.9. The van der Waals surface area contributed by atoms with E-state index in [2.05, 4.69) is 0 Å². The second-order valence-corrected chi connectivity index (χ2v) is 5.32. The SMILES string of the molecule is N#CCC1CCS(=O)(=O)CC1O. The van der Waals surface area contributed by atoms with E-state index in [4.69, 9.17) is 5.26 Å². The summed E-state index contributed by atoms with van der Waals surface area (Å²) >= 11 is 0. The van der Waals surface area contributed by atoms with Crippen molar-refractivity contribution in [1.29, 1.82) is 5.26 Å². The van der Waals surface area contributed by atoms with Gasteiger partial charge in [-0.25, -0.2) is 8.42 Å². The van der Waals surface area contributed by atoms with Crippen molar-refractivity contribution in [2.75, 3.05) is 11.5 Å². The van der Waals surface area contributed by atoms with Gasteiger partial charge in [-0.05, 0) is 12.3 Å². The van der Waals surface area contributed by atoms with Gasteiger partial charge in [-0.2, -0.15) is 5.26 Å². The first-order valence-corrected chi connectivity index (χ1v) is 5.63. The molecule has 0 radical (unpaired) electrons. The lowest BCUT2D eigenvalue weighted by Crippen LogP contribution is -2.36. The van der Waals surface area contributed by atoms with Crippen LogP contribution in [0.5, 0.6) is 0 Å². The van der Waals surface area contributed by atoms with Crippen LogP contribution in [0.15, 0.2) is 0 Å². The molecule has 12 heavy (non-hydrogen) atoms. The van der Waals surface area contributed by atoms with E-state index in [1.807, 2.05) is 6.07 Å². The predicted molar refractivity (Wildman–Crippen MR) is 43.0 cm³/mol. The maximum absolute atomic E-state index is 11.0. The standard InChI is InChI=1S/C7H11NO3S/c8-3-1-6-2-4-12(10,11)5-7(6)9/h6-7,9H,1-2,4-5H2. The molecule has 0 aromatic carbocycles. The molecule has 4 nitrogen and oxygen atoms in total. The molecule has 1 N–H and O–H groups in total. The van der Waals surface area contributed by atoms with Crippen LogP contribution >= 0.6 is 0 Å². The van der Waals surface area contributed by atoms with Crippen LogP contribution in [0.3, 0.4) is 0 Å². The van der Waals surface area contributed by atoms with E-state index in [1.54, 1.807) is 0 Å². The van der Waals surface area contributed by atoms with Crippen LogP contribution in [0.4, 0.5) is 0 Å². The molecule has 68 valence electrons. The van der Waals surface area contributed by atoms with Crippen LogP contribution in [0.2, 0.25) is 0 Å². The molecule has 1 saturated heterocycles. The molecule has 2 atom stereocenters. The smallest absolute Gasteiger partial charge is 0.152 e. The van der Waals surface area contributed by atoms with Gasteiger partial charge >= 0.3 is 0 Å². The van der Waals surface area contributed by atoms with Gasteiger partial charge in [-0.3, -0.25) is 0 Å². The Labute approximate surface area is 71.7 Å². The van der Waals surface area contributed by atoms with Gasteiger partial charge in [-0.15, -0.1) is 0 Å². The summed E-state index contributed by atoms with van der Waals surface area (Å²) in [6.45, 7) is 0. The molecule has 1 aliphatic heterocycles. The third-order valence-electron chi connectivity index (χ3n) is 2.12. The maximum Gasteiger partial charge on any atom is 0.152 e. The lowest BCUT2D eigenvalue weighted by Gasteiger charge is -2.25. The van der Waals surface area contributed by atoms with Gasteiger partial charge in [0.1, 0.15) is 0 Å². The zero-order chi connectivity index (χ0) is 9.19. The highest BCUT2D eigenvalue weighted by Gasteiger charge is 2.31. The first kappa shape index (κ1) is 9.49. The molecule has 2 unspecified atom stereocenters. The van der Waals surface area contributed by atoms with Crippen molar-refractivity contribution in [3.63, 3.8) is 0 Å². The summed E-state index contributed by atoms with van der Waals surface area (Å²) in [6.07, 6.45) is -0.184. The molecule has 1 aliphatic rings. The molecule has 1 rings (SSSR count). The minimum Gasteiger partial charge on any atom is -0.392 e. The Hall–Kier alpha value is -0.600. The van der Waals surface area contributed by atoms with Gasteiger partial charge in [-0.1, -0.05) is 0 Å². The molecule has 0 saturated carbocycles. The minimum absolute atomic E-state index is 0.108. The van der Waals surface area contributed by atoms with Crippen molar-refractivity contribution in [3.05, 3.63) is 0 Å². The molecule has 0 bridgehead atoms. The van der Waals surface area contributed by atoms with E-state index < -0.39 is 15.9 Å². The molecule has 0 aromatic heterocycles. The van der Waals surface area contributed by atoms with Crippen LogP contribution in [0.25, 0.3) is 0 Å². The third kappa shape index (κ3) is 2.19. The lowest BCUT2D eigenvalue weighted by molar-refractivity contribution is 0.123.